The van der Waals surface area contributed by atoms with Crippen molar-refractivity contribution in [2.45, 2.75) is 19.9 Å². The van der Waals surface area contributed by atoms with Gasteiger partial charge in [0.2, 0.25) is 0 Å². The average molecular weight is 654 g/mol. The third-order valence-electron chi connectivity index (χ3n) is 6.09. The van der Waals surface area contributed by atoms with E-state index in [1.807, 2.05) is 47.8 Å². The SMILES string of the molecule is CCOC(=O)COc1ccc(/C=c2\sc3n(c2=O)[C@H](c2cccs2)C(C(=O)OCC)=C(c2ccccc2)N=3)cc1Br. The van der Waals surface area contributed by atoms with Crippen LogP contribution in [0, 0.1) is 0 Å². The molecular formula is C30H25BrN2O6S2. The smallest absolute Gasteiger partial charge is 0.344 e. The van der Waals surface area contributed by atoms with Gasteiger partial charge in [0.1, 0.15) is 11.8 Å². The fourth-order valence-electron chi connectivity index (χ4n) is 4.37. The number of rotatable bonds is 9. The number of benzene rings is 2. The van der Waals surface area contributed by atoms with Crippen molar-refractivity contribution >= 4 is 62.3 Å². The van der Waals surface area contributed by atoms with Crippen LogP contribution >= 0.6 is 38.6 Å². The molecule has 41 heavy (non-hydrogen) atoms. The summed E-state index contributed by atoms with van der Waals surface area (Å²) in [6.45, 7) is 3.75. The van der Waals surface area contributed by atoms with Gasteiger partial charge in [-0.3, -0.25) is 9.36 Å². The standard InChI is InChI=1S/C30H25BrN2O6S2/c1-3-37-24(34)17-39-21-13-12-18(15-20(21)31)16-23-28(35)33-27(22-11-8-14-40-22)25(29(36)38-4-2)26(32-30(33)41-23)19-9-6-5-7-10-19/h5-16,27H,3-4,17H2,1-2H3/b23-16-/t27-/m1/s1. The molecule has 1 aliphatic rings. The number of thiophene rings is 1. The van der Waals surface area contributed by atoms with Crippen molar-refractivity contribution in [1.82, 2.24) is 4.57 Å². The van der Waals surface area contributed by atoms with Crippen LogP contribution in [0.1, 0.15) is 35.9 Å². The number of nitrogens with zero attached hydrogens (tertiary/aromatic N) is 2. The summed E-state index contributed by atoms with van der Waals surface area (Å²) in [4.78, 5) is 45.1. The van der Waals surface area contributed by atoms with Crippen LogP contribution in [0.25, 0.3) is 11.8 Å². The predicted molar refractivity (Wildman–Crippen MR) is 162 cm³/mol. The van der Waals surface area contributed by atoms with Gasteiger partial charge in [-0.25, -0.2) is 14.6 Å². The Hall–Kier alpha value is -3.80. The molecule has 0 radical (unpaired) electrons. The molecule has 0 saturated carbocycles. The first-order valence-electron chi connectivity index (χ1n) is 12.8. The summed E-state index contributed by atoms with van der Waals surface area (Å²) in [7, 11) is 0. The molecule has 2 aromatic heterocycles. The molecule has 1 atom stereocenters. The molecule has 0 N–H and O–H groups in total. The molecule has 210 valence electrons. The van der Waals surface area contributed by atoms with Gasteiger partial charge in [0.15, 0.2) is 11.4 Å². The first kappa shape index (κ1) is 28.7. The van der Waals surface area contributed by atoms with Crippen LogP contribution in [-0.2, 0) is 19.1 Å². The van der Waals surface area contributed by atoms with Crippen LogP contribution in [0.4, 0.5) is 0 Å². The minimum absolute atomic E-state index is 0.195. The molecule has 8 nitrogen and oxygen atoms in total. The van der Waals surface area contributed by atoms with Crippen molar-refractivity contribution in [2.24, 2.45) is 4.99 Å². The van der Waals surface area contributed by atoms with Gasteiger partial charge in [0.25, 0.3) is 5.56 Å². The van der Waals surface area contributed by atoms with Crippen LogP contribution in [0.15, 0.2) is 85.9 Å². The number of fused-ring (bicyclic) bond motifs is 1. The van der Waals surface area contributed by atoms with Crippen molar-refractivity contribution < 1.29 is 23.8 Å². The zero-order valence-corrected chi connectivity index (χ0v) is 25.4. The number of esters is 2. The van der Waals surface area contributed by atoms with Crippen molar-refractivity contribution in [3.8, 4) is 5.75 Å². The first-order chi connectivity index (χ1) is 19.9. The van der Waals surface area contributed by atoms with Crippen molar-refractivity contribution in [3.63, 3.8) is 0 Å². The van der Waals surface area contributed by atoms with E-state index in [-0.39, 0.29) is 25.4 Å². The highest BCUT2D eigenvalue weighted by Gasteiger charge is 2.35. The average Bonchev–Trinajstić information content (AvgIpc) is 3.61. The highest BCUT2D eigenvalue weighted by molar-refractivity contribution is 9.10. The monoisotopic (exact) mass is 652 g/mol. The summed E-state index contributed by atoms with van der Waals surface area (Å²) in [5.41, 5.74) is 2.05. The second-order valence-corrected chi connectivity index (χ2v) is 11.6. The number of hydrogen-bond acceptors (Lipinski definition) is 9. The quantitative estimate of drug-likeness (QED) is 0.243. The zero-order chi connectivity index (χ0) is 28.9. The summed E-state index contributed by atoms with van der Waals surface area (Å²) in [6, 6.07) is 17.9. The van der Waals surface area contributed by atoms with Gasteiger partial charge in [-0.05, 0) is 65.0 Å². The number of carbonyl (C=O) groups is 2. The topological polar surface area (TPSA) is 96.2 Å². The van der Waals surface area contributed by atoms with E-state index in [0.29, 0.717) is 30.8 Å². The lowest BCUT2D eigenvalue weighted by atomic mass is 9.97. The molecule has 0 spiro atoms. The van der Waals surface area contributed by atoms with Crippen LogP contribution in [0.5, 0.6) is 5.75 Å². The summed E-state index contributed by atoms with van der Waals surface area (Å²) in [5.74, 6) is -0.493. The third kappa shape index (κ3) is 6.12. The Morgan fingerprint density at radius 2 is 1.83 bits per heavy atom. The van der Waals surface area contributed by atoms with E-state index in [2.05, 4.69) is 15.9 Å². The Kier molecular flexibility index (Phi) is 8.96. The Labute approximate surface area is 252 Å². The molecule has 0 fully saturated rings. The molecule has 0 amide bonds. The van der Waals surface area contributed by atoms with Gasteiger partial charge in [-0.2, -0.15) is 0 Å². The van der Waals surface area contributed by atoms with Crippen LogP contribution in [-0.4, -0.2) is 36.3 Å². The van der Waals surface area contributed by atoms with E-state index < -0.39 is 18.0 Å². The molecule has 2 aromatic carbocycles. The maximum absolute atomic E-state index is 13.9. The minimum atomic E-state index is -0.687. The van der Waals surface area contributed by atoms with Gasteiger partial charge in [-0.15, -0.1) is 11.3 Å². The zero-order valence-electron chi connectivity index (χ0n) is 22.2. The van der Waals surface area contributed by atoms with E-state index in [9.17, 15) is 14.4 Å². The highest BCUT2D eigenvalue weighted by atomic mass is 79.9. The van der Waals surface area contributed by atoms with E-state index in [0.717, 1.165) is 16.0 Å². The fourth-order valence-corrected chi connectivity index (χ4v) is 6.71. The van der Waals surface area contributed by atoms with Crippen LogP contribution < -0.4 is 19.6 Å². The Morgan fingerprint density at radius 1 is 1.05 bits per heavy atom. The van der Waals surface area contributed by atoms with E-state index in [1.165, 1.54) is 22.7 Å². The Balaban J connectivity index is 1.62. The largest absolute Gasteiger partial charge is 0.481 e. The lowest BCUT2D eigenvalue weighted by Gasteiger charge is -2.24. The number of hydrogen-bond donors (Lipinski definition) is 0. The number of halogens is 1. The third-order valence-corrected chi connectivity index (χ3v) is 8.62. The number of thiazole rings is 1. The first-order valence-corrected chi connectivity index (χ1v) is 15.3. The summed E-state index contributed by atoms with van der Waals surface area (Å²) >= 11 is 6.20. The van der Waals surface area contributed by atoms with Crippen LogP contribution in [0.3, 0.4) is 0 Å². The Morgan fingerprint density at radius 3 is 2.51 bits per heavy atom. The lowest BCUT2D eigenvalue weighted by Crippen LogP contribution is -2.39. The molecule has 5 rings (SSSR count). The summed E-state index contributed by atoms with van der Waals surface area (Å²) < 4.78 is 18.6. The van der Waals surface area contributed by atoms with E-state index in [4.69, 9.17) is 19.2 Å². The number of aromatic nitrogens is 1. The molecule has 4 aromatic rings. The highest BCUT2D eigenvalue weighted by Crippen LogP contribution is 2.36. The maximum Gasteiger partial charge on any atom is 0.344 e. The van der Waals surface area contributed by atoms with Gasteiger partial charge >= 0.3 is 11.9 Å². The second-order valence-electron chi connectivity index (χ2n) is 8.73. The molecule has 0 bridgehead atoms. The minimum Gasteiger partial charge on any atom is -0.481 e. The molecule has 1 aliphatic heterocycles. The van der Waals surface area contributed by atoms with Gasteiger partial charge < -0.3 is 14.2 Å². The van der Waals surface area contributed by atoms with E-state index >= 15 is 0 Å². The van der Waals surface area contributed by atoms with Crippen molar-refractivity contribution in [3.05, 3.63) is 112 Å². The second kappa shape index (κ2) is 12.8. The van der Waals surface area contributed by atoms with Gasteiger partial charge in [-0.1, -0.05) is 53.8 Å². The fraction of sp³-hybridized carbons (Fsp3) is 0.200. The van der Waals surface area contributed by atoms with Crippen molar-refractivity contribution in [1.29, 1.82) is 0 Å². The lowest BCUT2D eigenvalue weighted by molar-refractivity contribution is -0.145. The van der Waals surface area contributed by atoms with Gasteiger partial charge in [0.05, 0.1) is 33.5 Å². The maximum atomic E-state index is 13.9. The summed E-state index contributed by atoms with van der Waals surface area (Å²) in [6.07, 6.45) is 1.77. The number of ether oxygens (including phenoxy) is 3. The molecule has 3 heterocycles. The van der Waals surface area contributed by atoms with Crippen molar-refractivity contribution in [2.75, 3.05) is 19.8 Å². The summed E-state index contributed by atoms with van der Waals surface area (Å²) in [5, 5.41) is 1.92. The molecule has 0 saturated heterocycles. The normalized spacial score (nSPS) is 14.8. The molecule has 11 heteroatoms. The van der Waals surface area contributed by atoms with Gasteiger partial charge in [0, 0.05) is 10.4 Å². The number of carbonyl (C=O) groups excluding carboxylic acids is 2. The predicted octanol–water partition coefficient (Wildman–Crippen LogP) is 4.70. The van der Waals surface area contributed by atoms with E-state index in [1.54, 1.807) is 42.7 Å². The molecule has 0 aliphatic carbocycles. The Bertz CT molecular complexity index is 1790. The molecular weight excluding hydrogens is 628 g/mol. The molecule has 0 unspecified atom stereocenters. The van der Waals surface area contributed by atoms with Crippen LogP contribution in [0.2, 0.25) is 0 Å².